The lowest BCUT2D eigenvalue weighted by Crippen LogP contribution is -2.03. The highest BCUT2D eigenvalue weighted by Crippen LogP contribution is 2.17. The van der Waals surface area contributed by atoms with Gasteiger partial charge in [-0.05, 0) is 78.2 Å². The van der Waals surface area contributed by atoms with Crippen molar-refractivity contribution in [1.29, 1.82) is 0 Å². The summed E-state index contributed by atoms with van der Waals surface area (Å²) in [6.45, 7) is 2.99. The summed E-state index contributed by atoms with van der Waals surface area (Å²) in [5, 5.41) is 0. The average molecular weight is 613 g/mol. The summed E-state index contributed by atoms with van der Waals surface area (Å²) in [5.41, 5.74) is 2.06. The van der Waals surface area contributed by atoms with E-state index in [1.807, 2.05) is 24.3 Å². The molecule has 240 valence electrons. The van der Waals surface area contributed by atoms with Crippen LogP contribution >= 0.6 is 0 Å². The molecule has 0 unspecified atom stereocenters. The summed E-state index contributed by atoms with van der Waals surface area (Å²) in [7, 11) is 0. The summed E-state index contributed by atoms with van der Waals surface area (Å²) < 4.78 is 24.3. The lowest BCUT2D eigenvalue weighted by atomic mass is 10.0. The second-order valence-corrected chi connectivity index (χ2v) is 11.5. The topological polar surface area (TPSA) is 52.6 Å². The third-order valence-electron chi connectivity index (χ3n) is 7.71. The van der Waals surface area contributed by atoms with Gasteiger partial charge in [0.2, 0.25) is 0 Å². The van der Waals surface area contributed by atoms with E-state index in [0.717, 1.165) is 29.9 Å². The quantitative estimate of drug-likeness (QED) is 0.0372. The van der Waals surface area contributed by atoms with Gasteiger partial charge in [-0.3, -0.25) is 4.79 Å². The summed E-state index contributed by atoms with van der Waals surface area (Å²) in [6.07, 6.45) is 25.0. The Morgan fingerprint density at radius 2 is 1.04 bits per heavy atom. The predicted octanol–water partition coefficient (Wildman–Crippen LogP) is 11.2. The van der Waals surface area contributed by atoms with Crippen LogP contribution in [-0.4, -0.2) is 18.4 Å². The van der Waals surface area contributed by atoms with Crippen molar-refractivity contribution in [2.45, 2.75) is 96.8 Å². The van der Waals surface area contributed by atoms with E-state index in [2.05, 4.69) is 6.92 Å². The maximum absolute atomic E-state index is 13.0. The minimum Gasteiger partial charge on any atom is -0.494 e. The molecule has 0 aromatic heterocycles. The SMILES string of the molecule is CCCCCCCCCCCCCCCCOc1ccc(/C=C/C(=O)Oc2ccc(/C=C/C(=O)c3ccc(F)cc3)cc2)cc1. The predicted molar refractivity (Wildman–Crippen MR) is 183 cm³/mol. The molecule has 4 nitrogen and oxygen atoms in total. The van der Waals surface area contributed by atoms with Crippen LogP contribution in [0.4, 0.5) is 4.39 Å². The molecule has 0 N–H and O–H groups in total. The van der Waals surface area contributed by atoms with Gasteiger partial charge >= 0.3 is 5.97 Å². The zero-order valence-corrected chi connectivity index (χ0v) is 26.9. The van der Waals surface area contributed by atoms with Gasteiger partial charge in [-0.2, -0.15) is 0 Å². The van der Waals surface area contributed by atoms with Crippen molar-refractivity contribution in [1.82, 2.24) is 0 Å². The molecule has 0 heterocycles. The van der Waals surface area contributed by atoms with Crippen LogP contribution in [0, 0.1) is 5.82 Å². The van der Waals surface area contributed by atoms with E-state index in [1.165, 1.54) is 120 Å². The zero-order chi connectivity index (χ0) is 32.0. The van der Waals surface area contributed by atoms with Crippen LogP contribution in [0.3, 0.4) is 0 Å². The number of ketones is 1. The van der Waals surface area contributed by atoms with Crippen LogP contribution in [0.15, 0.2) is 84.9 Å². The summed E-state index contributed by atoms with van der Waals surface area (Å²) in [6, 6.07) is 19.9. The Morgan fingerprint density at radius 1 is 0.578 bits per heavy atom. The van der Waals surface area contributed by atoms with E-state index in [4.69, 9.17) is 9.47 Å². The molecule has 0 amide bonds. The van der Waals surface area contributed by atoms with E-state index >= 15 is 0 Å². The van der Waals surface area contributed by atoms with Crippen LogP contribution in [0.25, 0.3) is 12.2 Å². The highest BCUT2D eigenvalue weighted by molar-refractivity contribution is 6.06. The molecule has 0 aliphatic carbocycles. The molecule has 0 aliphatic heterocycles. The lowest BCUT2D eigenvalue weighted by molar-refractivity contribution is -0.128. The van der Waals surface area contributed by atoms with E-state index in [9.17, 15) is 14.0 Å². The Kier molecular flexibility index (Phi) is 17.1. The van der Waals surface area contributed by atoms with Crippen LogP contribution in [0.5, 0.6) is 11.5 Å². The van der Waals surface area contributed by atoms with Crippen LogP contribution < -0.4 is 9.47 Å². The first-order valence-electron chi connectivity index (χ1n) is 16.7. The third kappa shape index (κ3) is 15.5. The number of hydrogen-bond acceptors (Lipinski definition) is 4. The molecule has 0 saturated heterocycles. The van der Waals surface area contributed by atoms with Gasteiger partial charge < -0.3 is 9.47 Å². The number of hydrogen-bond donors (Lipinski definition) is 0. The van der Waals surface area contributed by atoms with E-state index in [0.29, 0.717) is 11.3 Å². The van der Waals surface area contributed by atoms with E-state index < -0.39 is 5.97 Å². The summed E-state index contributed by atoms with van der Waals surface area (Å²) in [4.78, 5) is 24.5. The number of ether oxygens (including phenoxy) is 2. The number of benzene rings is 3. The number of allylic oxidation sites excluding steroid dienone is 1. The fourth-order valence-corrected chi connectivity index (χ4v) is 5.01. The molecule has 3 aromatic carbocycles. The second-order valence-electron chi connectivity index (χ2n) is 11.5. The smallest absolute Gasteiger partial charge is 0.336 e. The van der Waals surface area contributed by atoms with Crippen molar-refractivity contribution in [2.75, 3.05) is 6.61 Å². The molecule has 0 radical (unpaired) electrons. The third-order valence-corrected chi connectivity index (χ3v) is 7.71. The largest absolute Gasteiger partial charge is 0.494 e. The number of esters is 1. The molecule has 0 atom stereocenters. The number of rotatable bonds is 22. The lowest BCUT2D eigenvalue weighted by Gasteiger charge is -2.07. The molecular weight excluding hydrogens is 563 g/mol. The van der Waals surface area contributed by atoms with Gasteiger partial charge in [-0.1, -0.05) is 121 Å². The van der Waals surface area contributed by atoms with Crippen LogP contribution in [0.1, 0.15) is 118 Å². The van der Waals surface area contributed by atoms with Gasteiger partial charge in [-0.25, -0.2) is 9.18 Å². The Balaban J connectivity index is 1.24. The van der Waals surface area contributed by atoms with Crippen molar-refractivity contribution < 1.29 is 23.5 Å². The molecule has 0 saturated carbocycles. The van der Waals surface area contributed by atoms with Gasteiger partial charge in [0.15, 0.2) is 5.78 Å². The Labute approximate surface area is 269 Å². The molecule has 0 aliphatic rings. The molecule has 0 fully saturated rings. The van der Waals surface area contributed by atoms with Crippen LogP contribution in [0.2, 0.25) is 0 Å². The number of halogens is 1. The zero-order valence-electron chi connectivity index (χ0n) is 26.9. The standard InChI is InChI=1S/C40H49FO4/c1-2-3-4-5-6-7-8-9-10-11-12-13-14-15-32-44-37-26-16-34(17-27-37)21-31-40(43)45-38-28-18-33(19-29-38)20-30-39(42)35-22-24-36(41)25-23-35/h16-31H,2-15,32H2,1H3/b30-20+,31-21+. The maximum Gasteiger partial charge on any atom is 0.336 e. The van der Waals surface area contributed by atoms with Crippen molar-refractivity contribution in [3.05, 3.63) is 107 Å². The van der Waals surface area contributed by atoms with E-state index in [-0.39, 0.29) is 11.6 Å². The second kappa shape index (κ2) is 21.7. The number of carbonyl (C=O) groups is 2. The van der Waals surface area contributed by atoms with Crippen molar-refractivity contribution in [2.24, 2.45) is 0 Å². The first kappa shape index (κ1) is 35.5. The Hall–Kier alpha value is -3.99. The van der Waals surface area contributed by atoms with Crippen LogP contribution in [-0.2, 0) is 4.79 Å². The van der Waals surface area contributed by atoms with Crippen molar-refractivity contribution in [3.63, 3.8) is 0 Å². The molecular formula is C40H49FO4. The number of unbranched alkanes of at least 4 members (excludes halogenated alkanes) is 13. The number of carbonyl (C=O) groups excluding carboxylic acids is 2. The molecule has 3 rings (SSSR count). The van der Waals surface area contributed by atoms with Gasteiger partial charge in [0.05, 0.1) is 6.61 Å². The average Bonchev–Trinajstić information content (AvgIpc) is 3.06. The minimum absolute atomic E-state index is 0.222. The van der Waals surface area contributed by atoms with Crippen molar-refractivity contribution >= 4 is 23.9 Å². The molecule has 3 aromatic rings. The van der Waals surface area contributed by atoms with E-state index in [1.54, 1.807) is 36.4 Å². The van der Waals surface area contributed by atoms with Gasteiger partial charge in [0.1, 0.15) is 17.3 Å². The summed E-state index contributed by atoms with van der Waals surface area (Å²) in [5.74, 6) is 0.142. The highest BCUT2D eigenvalue weighted by atomic mass is 19.1. The first-order valence-corrected chi connectivity index (χ1v) is 16.7. The molecule has 0 spiro atoms. The minimum atomic E-state index is -0.483. The summed E-state index contributed by atoms with van der Waals surface area (Å²) >= 11 is 0. The molecule has 0 bridgehead atoms. The van der Waals surface area contributed by atoms with Gasteiger partial charge in [0, 0.05) is 11.6 Å². The monoisotopic (exact) mass is 612 g/mol. The van der Waals surface area contributed by atoms with Gasteiger partial charge in [0.25, 0.3) is 0 Å². The van der Waals surface area contributed by atoms with Crippen molar-refractivity contribution in [3.8, 4) is 11.5 Å². The highest BCUT2D eigenvalue weighted by Gasteiger charge is 2.04. The fourth-order valence-electron chi connectivity index (χ4n) is 5.01. The Bertz CT molecular complexity index is 1310. The normalized spacial score (nSPS) is 11.3. The fraction of sp³-hybridized carbons (Fsp3) is 0.400. The first-order chi connectivity index (χ1) is 22.0. The van der Waals surface area contributed by atoms with Gasteiger partial charge in [-0.15, -0.1) is 0 Å². The maximum atomic E-state index is 13.0. The molecule has 5 heteroatoms. The molecule has 45 heavy (non-hydrogen) atoms. The Morgan fingerprint density at radius 3 is 1.58 bits per heavy atom.